The number of hydrogen-bond acceptors (Lipinski definition) is 1. The van der Waals surface area contributed by atoms with Crippen molar-refractivity contribution in [3.05, 3.63) is 11.3 Å². The van der Waals surface area contributed by atoms with Crippen LogP contribution in [0.1, 0.15) is 66.2 Å². The molecule has 92 valence electrons. The quantitative estimate of drug-likeness (QED) is 0.645. The first kappa shape index (κ1) is 12.0. The zero-order valence-corrected chi connectivity index (χ0v) is 11.4. The average molecular weight is 221 g/mol. The van der Waals surface area contributed by atoms with Crippen LogP contribution in [0.4, 0.5) is 0 Å². The summed E-state index contributed by atoms with van der Waals surface area (Å²) in [6.07, 6.45) is 8.32. The molecular weight excluding hydrogens is 194 g/mol. The van der Waals surface area contributed by atoms with E-state index in [0.29, 0.717) is 10.8 Å². The van der Waals surface area contributed by atoms with Crippen molar-refractivity contribution in [2.45, 2.75) is 66.2 Å². The summed E-state index contributed by atoms with van der Waals surface area (Å²) in [4.78, 5) is 0. The summed E-state index contributed by atoms with van der Waals surface area (Å²) in [5.41, 5.74) is 4.53. The fraction of sp³-hybridized carbons (Fsp3) is 0.867. The van der Waals surface area contributed by atoms with Crippen LogP contribution in [0.3, 0.4) is 0 Å². The summed E-state index contributed by atoms with van der Waals surface area (Å²) in [6.45, 7) is 10.3. The Bertz CT molecular complexity index is 251. The van der Waals surface area contributed by atoms with Gasteiger partial charge in [-0.1, -0.05) is 33.3 Å². The molecule has 1 heteroatoms. The van der Waals surface area contributed by atoms with E-state index in [4.69, 9.17) is 0 Å². The molecule has 2 aliphatic heterocycles. The second-order valence-corrected chi connectivity index (χ2v) is 6.06. The third-order valence-electron chi connectivity index (χ3n) is 5.46. The number of allylic oxidation sites excluding steroid dienone is 2. The van der Waals surface area contributed by atoms with Gasteiger partial charge in [-0.3, -0.25) is 0 Å². The van der Waals surface area contributed by atoms with Gasteiger partial charge in [-0.2, -0.15) is 0 Å². The molecule has 2 unspecified atom stereocenters. The van der Waals surface area contributed by atoms with Gasteiger partial charge in [0.05, 0.1) is 0 Å². The topological polar surface area (TPSA) is 12.0 Å². The minimum absolute atomic E-state index is 0.549. The van der Waals surface area contributed by atoms with Crippen LogP contribution in [0, 0.1) is 10.8 Å². The summed E-state index contributed by atoms with van der Waals surface area (Å²) < 4.78 is 0. The highest BCUT2D eigenvalue weighted by Gasteiger charge is 2.48. The molecule has 0 amide bonds. The number of rotatable bonds is 0. The van der Waals surface area contributed by atoms with Crippen molar-refractivity contribution < 1.29 is 0 Å². The first-order valence-corrected chi connectivity index (χ1v) is 7.08. The minimum atomic E-state index is 0.549. The largest absolute Gasteiger partial charge is 0.388 e. The molecule has 2 fully saturated rings. The number of nitrogens with one attached hydrogen (secondary N) is 1. The Balaban J connectivity index is 0.000000457. The van der Waals surface area contributed by atoms with Gasteiger partial charge in [0.2, 0.25) is 0 Å². The molecule has 1 N–H and O–H groups in total. The van der Waals surface area contributed by atoms with Gasteiger partial charge in [0, 0.05) is 12.2 Å². The van der Waals surface area contributed by atoms with E-state index < -0.39 is 0 Å². The lowest BCUT2D eigenvalue weighted by molar-refractivity contribution is 0.0618. The molecule has 4 rings (SSSR count). The molecule has 2 aliphatic carbocycles. The van der Waals surface area contributed by atoms with Gasteiger partial charge < -0.3 is 5.32 Å². The highest BCUT2D eigenvalue weighted by molar-refractivity contribution is 5.23. The monoisotopic (exact) mass is 221 g/mol. The molecule has 0 aromatic heterocycles. The molecular formula is C15H27N. The Labute approximate surface area is 101 Å². The summed E-state index contributed by atoms with van der Waals surface area (Å²) in [7, 11) is 0. The van der Waals surface area contributed by atoms with Crippen LogP contribution in [0.5, 0.6) is 0 Å². The van der Waals surface area contributed by atoms with Crippen LogP contribution < -0.4 is 5.32 Å². The van der Waals surface area contributed by atoms with Gasteiger partial charge in [-0.15, -0.1) is 0 Å². The van der Waals surface area contributed by atoms with Gasteiger partial charge >= 0.3 is 0 Å². The minimum Gasteiger partial charge on any atom is -0.388 e. The molecule has 0 spiro atoms. The molecule has 0 radical (unpaired) electrons. The summed E-state index contributed by atoms with van der Waals surface area (Å²) in [5, 5.41) is 3.72. The number of hydrogen-bond donors (Lipinski definition) is 1. The third kappa shape index (κ3) is 1.59. The van der Waals surface area contributed by atoms with E-state index in [0.717, 1.165) is 0 Å². The predicted octanol–water partition coefficient (Wildman–Crippen LogP) is 4.25. The van der Waals surface area contributed by atoms with Gasteiger partial charge in [0.1, 0.15) is 0 Å². The lowest BCUT2D eigenvalue weighted by Gasteiger charge is -2.44. The molecule has 0 aromatic carbocycles. The fourth-order valence-corrected chi connectivity index (χ4v) is 3.71. The molecule has 1 nitrogen and oxygen atoms in total. The van der Waals surface area contributed by atoms with E-state index in [2.05, 4.69) is 19.2 Å². The Kier molecular flexibility index (Phi) is 3.07. The Morgan fingerprint density at radius 2 is 1.44 bits per heavy atom. The van der Waals surface area contributed by atoms with Gasteiger partial charge in [0.15, 0.2) is 0 Å². The zero-order chi connectivity index (χ0) is 11.8. The summed E-state index contributed by atoms with van der Waals surface area (Å²) in [6, 6.07) is 0. The van der Waals surface area contributed by atoms with Crippen LogP contribution in [0.15, 0.2) is 11.3 Å². The molecule has 1 saturated carbocycles. The lowest BCUT2D eigenvalue weighted by atomic mass is 9.61. The van der Waals surface area contributed by atoms with Crippen molar-refractivity contribution in [2.75, 3.05) is 6.54 Å². The van der Waals surface area contributed by atoms with E-state index in [9.17, 15) is 0 Å². The molecule has 2 heterocycles. The van der Waals surface area contributed by atoms with Crippen molar-refractivity contribution in [1.29, 1.82) is 0 Å². The Morgan fingerprint density at radius 3 is 2.12 bits per heavy atom. The van der Waals surface area contributed by atoms with Gasteiger partial charge in [-0.25, -0.2) is 0 Å². The smallest absolute Gasteiger partial charge is 0.0203 e. The highest BCUT2D eigenvalue weighted by Crippen LogP contribution is 2.56. The van der Waals surface area contributed by atoms with Crippen LogP contribution >= 0.6 is 0 Å². The number of fused-ring (bicyclic) bond motifs is 4. The predicted molar refractivity (Wildman–Crippen MR) is 70.3 cm³/mol. The maximum atomic E-state index is 3.72. The zero-order valence-electron chi connectivity index (χ0n) is 11.4. The van der Waals surface area contributed by atoms with E-state index in [1.54, 1.807) is 11.3 Å². The highest BCUT2D eigenvalue weighted by atomic mass is 14.9. The van der Waals surface area contributed by atoms with Gasteiger partial charge in [0.25, 0.3) is 0 Å². The van der Waals surface area contributed by atoms with Crippen molar-refractivity contribution in [1.82, 2.24) is 5.32 Å². The SMILES string of the molecule is CC.CC12CCC3=C(CC1)NCC2(C)CC3. The molecule has 16 heavy (non-hydrogen) atoms. The maximum Gasteiger partial charge on any atom is 0.0203 e. The summed E-state index contributed by atoms with van der Waals surface area (Å²) in [5.74, 6) is 0. The van der Waals surface area contributed by atoms with Crippen molar-refractivity contribution >= 4 is 0 Å². The van der Waals surface area contributed by atoms with E-state index in [-0.39, 0.29) is 0 Å². The maximum absolute atomic E-state index is 3.72. The second-order valence-electron chi connectivity index (χ2n) is 6.06. The molecule has 0 aromatic rings. The van der Waals surface area contributed by atoms with Crippen LogP contribution in [0.25, 0.3) is 0 Å². The van der Waals surface area contributed by atoms with Crippen LogP contribution in [-0.4, -0.2) is 6.54 Å². The fourth-order valence-electron chi connectivity index (χ4n) is 3.71. The van der Waals surface area contributed by atoms with Crippen molar-refractivity contribution in [3.63, 3.8) is 0 Å². The molecule has 2 atom stereocenters. The molecule has 1 saturated heterocycles. The first-order valence-electron chi connectivity index (χ1n) is 7.08. The second kappa shape index (κ2) is 4.09. The third-order valence-corrected chi connectivity index (χ3v) is 5.46. The van der Waals surface area contributed by atoms with Crippen molar-refractivity contribution in [2.24, 2.45) is 10.8 Å². The molecule has 4 bridgehead atoms. The van der Waals surface area contributed by atoms with Crippen molar-refractivity contribution in [3.8, 4) is 0 Å². The first-order chi connectivity index (χ1) is 7.63. The average Bonchev–Trinajstić information content (AvgIpc) is 2.66. The van der Waals surface area contributed by atoms with Gasteiger partial charge in [-0.05, 0) is 49.4 Å². The Hall–Kier alpha value is -0.460. The van der Waals surface area contributed by atoms with E-state index in [1.807, 2.05) is 13.8 Å². The summed E-state index contributed by atoms with van der Waals surface area (Å²) >= 11 is 0. The lowest BCUT2D eigenvalue weighted by Crippen LogP contribution is -2.41. The van der Waals surface area contributed by atoms with E-state index >= 15 is 0 Å². The van der Waals surface area contributed by atoms with Crippen LogP contribution in [0.2, 0.25) is 0 Å². The molecule has 4 aliphatic rings. The normalized spacial score (nSPS) is 40.8. The van der Waals surface area contributed by atoms with Crippen LogP contribution in [-0.2, 0) is 0 Å². The standard InChI is InChI=1S/C13H21N.C2H6/c1-12-6-3-10-4-7-13(12,2)9-14-11(10)5-8-12;1-2/h14H,3-9H2,1-2H3;1-2H3. The Morgan fingerprint density at radius 1 is 0.875 bits per heavy atom. The van der Waals surface area contributed by atoms with E-state index in [1.165, 1.54) is 45.1 Å².